The summed E-state index contributed by atoms with van der Waals surface area (Å²) in [6.07, 6.45) is 3.00. The lowest BCUT2D eigenvalue weighted by Crippen LogP contribution is -2.14. The van der Waals surface area contributed by atoms with Crippen LogP contribution in [0.4, 0.5) is 5.82 Å². The van der Waals surface area contributed by atoms with E-state index in [0.717, 1.165) is 5.56 Å². The zero-order valence-electron chi connectivity index (χ0n) is 16.0. The van der Waals surface area contributed by atoms with Crippen LogP contribution in [0.5, 0.6) is 11.5 Å². The van der Waals surface area contributed by atoms with E-state index in [0.29, 0.717) is 39.3 Å². The highest BCUT2D eigenvalue weighted by Gasteiger charge is 2.33. The van der Waals surface area contributed by atoms with Crippen LogP contribution in [0.25, 0.3) is 11.8 Å². The standard InChI is InChI=1S/C21H16ClN3O5S/c22-14-3-5-15(6-4-14)25-21(16-10-31(27,28)11-17(16)24-25)23-20(26)8-2-13-1-7-18-19(9-13)30-12-29-18/h1-9H,10-12H2,(H,23,26)/b8-2-. The molecule has 1 amide bonds. The third-order valence-corrected chi connectivity index (χ3v) is 6.62. The van der Waals surface area contributed by atoms with E-state index in [1.807, 2.05) is 0 Å². The number of anilines is 1. The van der Waals surface area contributed by atoms with Crippen LogP contribution in [0.2, 0.25) is 5.02 Å². The first-order valence-corrected chi connectivity index (χ1v) is 11.5. The number of ether oxygens (including phenoxy) is 2. The first-order valence-electron chi connectivity index (χ1n) is 9.34. The molecule has 31 heavy (non-hydrogen) atoms. The van der Waals surface area contributed by atoms with Crippen LogP contribution in [-0.4, -0.2) is 30.9 Å². The number of nitrogens with one attached hydrogen (secondary N) is 1. The number of amides is 1. The van der Waals surface area contributed by atoms with Crippen molar-refractivity contribution in [3.8, 4) is 17.2 Å². The third kappa shape index (κ3) is 3.89. The van der Waals surface area contributed by atoms with Gasteiger partial charge in [0.2, 0.25) is 12.7 Å². The van der Waals surface area contributed by atoms with E-state index in [2.05, 4.69) is 10.4 Å². The topological polar surface area (TPSA) is 99.5 Å². The molecular weight excluding hydrogens is 442 g/mol. The SMILES string of the molecule is O=C(/C=C\c1ccc2c(c1)OCO2)Nc1c2c(nn1-c1ccc(Cl)cc1)CS(=O)(=O)C2. The molecule has 2 aliphatic rings. The van der Waals surface area contributed by atoms with Gasteiger partial charge in [0.15, 0.2) is 21.3 Å². The van der Waals surface area contributed by atoms with E-state index >= 15 is 0 Å². The molecule has 1 N–H and O–H groups in total. The molecule has 0 aliphatic carbocycles. The fourth-order valence-electron chi connectivity index (χ4n) is 3.49. The van der Waals surface area contributed by atoms with Crippen LogP contribution < -0.4 is 14.8 Å². The van der Waals surface area contributed by atoms with E-state index in [-0.39, 0.29) is 18.3 Å². The van der Waals surface area contributed by atoms with Gasteiger partial charge in [-0.3, -0.25) is 4.79 Å². The van der Waals surface area contributed by atoms with Gasteiger partial charge < -0.3 is 14.8 Å². The summed E-state index contributed by atoms with van der Waals surface area (Å²) in [6.45, 7) is 0.172. The van der Waals surface area contributed by atoms with Crippen molar-refractivity contribution in [2.24, 2.45) is 0 Å². The van der Waals surface area contributed by atoms with Gasteiger partial charge in [-0.1, -0.05) is 17.7 Å². The zero-order valence-corrected chi connectivity index (χ0v) is 17.6. The minimum absolute atomic E-state index is 0.154. The summed E-state index contributed by atoms with van der Waals surface area (Å²) in [5, 5.41) is 7.77. The molecular formula is C21H16ClN3O5S. The Kier molecular flexibility index (Phi) is 4.71. The molecule has 8 nitrogen and oxygen atoms in total. The molecule has 5 rings (SSSR count). The minimum atomic E-state index is -3.28. The minimum Gasteiger partial charge on any atom is -0.454 e. The molecule has 1 aromatic heterocycles. The predicted octanol–water partition coefficient (Wildman–Crippen LogP) is 3.33. The fourth-order valence-corrected chi connectivity index (χ4v) is 5.11. The Morgan fingerprint density at radius 2 is 1.87 bits per heavy atom. The van der Waals surface area contributed by atoms with Crippen molar-refractivity contribution in [1.82, 2.24) is 9.78 Å². The lowest BCUT2D eigenvalue weighted by atomic mass is 10.2. The number of fused-ring (bicyclic) bond motifs is 2. The van der Waals surface area contributed by atoms with Gasteiger partial charge in [0.05, 0.1) is 22.9 Å². The van der Waals surface area contributed by atoms with E-state index < -0.39 is 15.7 Å². The molecule has 0 bridgehead atoms. The summed E-state index contributed by atoms with van der Waals surface area (Å²) >= 11 is 5.97. The highest BCUT2D eigenvalue weighted by atomic mass is 35.5. The highest BCUT2D eigenvalue weighted by Crippen LogP contribution is 2.34. The van der Waals surface area contributed by atoms with Gasteiger partial charge in [0.1, 0.15) is 5.82 Å². The Bertz CT molecular complexity index is 1330. The number of carbonyl (C=O) groups excluding carboxylic acids is 1. The Morgan fingerprint density at radius 3 is 2.68 bits per heavy atom. The van der Waals surface area contributed by atoms with Gasteiger partial charge in [-0.05, 0) is 48.0 Å². The van der Waals surface area contributed by atoms with Crippen LogP contribution in [-0.2, 0) is 26.1 Å². The maximum absolute atomic E-state index is 12.7. The van der Waals surface area contributed by atoms with Crippen molar-refractivity contribution in [3.63, 3.8) is 0 Å². The van der Waals surface area contributed by atoms with Gasteiger partial charge >= 0.3 is 0 Å². The second-order valence-corrected chi connectivity index (χ2v) is 9.63. The van der Waals surface area contributed by atoms with E-state index in [4.69, 9.17) is 21.1 Å². The number of aromatic nitrogens is 2. The third-order valence-electron chi connectivity index (χ3n) is 4.92. The Labute approximate surface area is 183 Å². The van der Waals surface area contributed by atoms with Crippen molar-refractivity contribution in [2.45, 2.75) is 11.5 Å². The van der Waals surface area contributed by atoms with Crippen molar-refractivity contribution >= 4 is 39.2 Å². The molecule has 0 atom stereocenters. The van der Waals surface area contributed by atoms with Gasteiger partial charge in [-0.2, -0.15) is 5.10 Å². The average molecular weight is 458 g/mol. The number of hydrogen-bond acceptors (Lipinski definition) is 6. The highest BCUT2D eigenvalue weighted by molar-refractivity contribution is 7.90. The molecule has 158 valence electrons. The molecule has 0 saturated heterocycles. The summed E-state index contributed by atoms with van der Waals surface area (Å²) in [5.74, 6) is 0.867. The van der Waals surface area contributed by atoms with E-state index in [1.54, 1.807) is 48.5 Å². The lowest BCUT2D eigenvalue weighted by molar-refractivity contribution is -0.111. The number of nitrogens with zero attached hydrogens (tertiary/aromatic N) is 2. The van der Waals surface area contributed by atoms with Gasteiger partial charge in [-0.25, -0.2) is 13.1 Å². The lowest BCUT2D eigenvalue weighted by Gasteiger charge is -2.10. The summed E-state index contributed by atoms with van der Waals surface area (Å²) < 4.78 is 36.3. The Morgan fingerprint density at radius 1 is 1.10 bits per heavy atom. The maximum atomic E-state index is 12.7. The van der Waals surface area contributed by atoms with E-state index in [1.165, 1.54) is 10.8 Å². The molecule has 0 unspecified atom stereocenters. The van der Waals surface area contributed by atoms with Crippen molar-refractivity contribution in [1.29, 1.82) is 0 Å². The molecule has 0 radical (unpaired) electrons. The number of carbonyl (C=O) groups is 1. The normalized spacial score (nSPS) is 15.9. The summed E-state index contributed by atoms with van der Waals surface area (Å²) in [7, 11) is -3.28. The Hall–Kier alpha value is -3.30. The van der Waals surface area contributed by atoms with Crippen molar-refractivity contribution in [3.05, 3.63) is 70.4 Å². The second kappa shape index (κ2) is 7.44. The number of rotatable bonds is 4. The fraction of sp³-hybridized carbons (Fsp3) is 0.143. The van der Waals surface area contributed by atoms with Gasteiger partial charge in [0, 0.05) is 16.7 Å². The summed E-state index contributed by atoms with van der Waals surface area (Å²) in [5.41, 5.74) is 2.36. The number of halogens is 1. The Balaban J connectivity index is 1.44. The van der Waals surface area contributed by atoms with Crippen LogP contribution >= 0.6 is 11.6 Å². The number of benzene rings is 2. The quantitative estimate of drug-likeness (QED) is 0.603. The molecule has 3 heterocycles. The largest absolute Gasteiger partial charge is 0.454 e. The molecule has 10 heteroatoms. The second-order valence-electron chi connectivity index (χ2n) is 7.13. The van der Waals surface area contributed by atoms with Crippen LogP contribution in [0.3, 0.4) is 0 Å². The first-order chi connectivity index (χ1) is 14.9. The van der Waals surface area contributed by atoms with Gasteiger partial charge in [0.25, 0.3) is 0 Å². The monoisotopic (exact) mass is 457 g/mol. The van der Waals surface area contributed by atoms with Crippen LogP contribution in [0.1, 0.15) is 16.8 Å². The number of hydrogen-bond donors (Lipinski definition) is 1. The molecule has 0 saturated carbocycles. The van der Waals surface area contributed by atoms with E-state index in [9.17, 15) is 13.2 Å². The van der Waals surface area contributed by atoms with Gasteiger partial charge in [-0.15, -0.1) is 0 Å². The predicted molar refractivity (Wildman–Crippen MR) is 115 cm³/mol. The average Bonchev–Trinajstić information content (AvgIpc) is 3.40. The molecule has 0 fully saturated rings. The molecule has 3 aromatic rings. The maximum Gasteiger partial charge on any atom is 0.249 e. The van der Waals surface area contributed by atoms with Crippen molar-refractivity contribution < 1.29 is 22.7 Å². The first kappa shape index (κ1) is 19.7. The van der Waals surface area contributed by atoms with Crippen LogP contribution in [0, 0.1) is 0 Å². The van der Waals surface area contributed by atoms with Crippen LogP contribution in [0.15, 0.2) is 48.5 Å². The molecule has 2 aromatic carbocycles. The summed E-state index contributed by atoms with van der Waals surface area (Å²) in [6, 6.07) is 12.2. The number of sulfone groups is 1. The molecule has 0 spiro atoms. The molecule has 2 aliphatic heterocycles. The summed E-state index contributed by atoms with van der Waals surface area (Å²) in [4.78, 5) is 12.7. The zero-order chi connectivity index (χ0) is 21.6. The smallest absolute Gasteiger partial charge is 0.249 e. The van der Waals surface area contributed by atoms with Crippen molar-refractivity contribution in [2.75, 3.05) is 12.1 Å².